The number of carbonyl (C=O) groups is 1. The van der Waals surface area contributed by atoms with Crippen molar-refractivity contribution in [1.29, 1.82) is 0 Å². The Kier molecular flexibility index (Phi) is 4.65. The summed E-state index contributed by atoms with van der Waals surface area (Å²) in [6, 6.07) is 1.29. The number of carboxylic acids is 1. The van der Waals surface area contributed by atoms with Crippen molar-refractivity contribution < 1.29 is 9.90 Å². The Morgan fingerprint density at radius 3 is 2.71 bits per heavy atom. The van der Waals surface area contributed by atoms with Gasteiger partial charge in [0, 0.05) is 19.2 Å². The average Bonchev–Trinajstić information content (AvgIpc) is 2.23. The van der Waals surface area contributed by atoms with Gasteiger partial charge in [-0.3, -0.25) is 9.59 Å². The molecule has 0 fully saturated rings. The lowest BCUT2D eigenvalue weighted by atomic mass is 10.4. The number of carboxylic acid groups (broad SMARTS) is 1. The van der Waals surface area contributed by atoms with Crippen LogP contribution in [0, 0.1) is 0 Å². The van der Waals surface area contributed by atoms with Crippen LogP contribution >= 0.6 is 0 Å². The van der Waals surface area contributed by atoms with Crippen molar-refractivity contribution in [3.8, 4) is 0 Å². The van der Waals surface area contributed by atoms with E-state index in [9.17, 15) is 9.59 Å². The van der Waals surface area contributed by atoms with Crippen LogP contribution in [0.25, 0.3) is 0 Å². The van der Waals surface area contributed by atoms with Crippen molar-refractivity contribution in [2.24, 2.45) is 0 Å². The first kappa shape index (κ1) is 13.2. The van der Waals surface area contributed by atoms with Gasteiger partial charge in [-0.05, 0) is 14.1 Å². The number of hydrogen-bond donors (Lipinski definition) is 2. The van der Waals surface area contributed by atoms with Gasteiger partial charge in [-0.15, -0.1) is 0 Å². The summed E-state index contributed by atoms with van der Waals surface area (Å²) in [7, 11) is 3.79. The Balaban J connectivity index is 2.81. The summed E-state index contributed by atoms with van der Waals surface area (Å²) in [4.78, 5) is 31.7. The molecule has 0 aromatic carbocycles. The van der Waals surface area contributed by atoms with Crippen LogP contribution in [0.1, 0.15) is 0 Å². The molecule has 0 aliphatic rings. The van der Waals surface area contributed by atoms with E-state index in [1.807, 2.05) is 19.0 Å². The summed E-state index contributed by atoms with van der Waals surface area (Å²) in [6.07, 6.45) is 1.27. The molecule has 0 saturated heterocycles. The molecule has 7 nitrogen and oxygen atoms in total. The van der Waals surface area contributed by atoms with Gasteiger partial charge in [-0.2, -0.15) is 0 Å². The van der Waals surface area contributed by atoms with E-state index >= 15 is 0 Å². The fourth-order valence-electron chi connectivity index (χ4n) is 1.29. The molecular weight excluding hydrogens is 224 g/mol. The number of aromatic nitrogens is 2. The number of aliphatic carboxylic acids is 1. The lowest BCUT2D eigenvalue weighted by molar-refractivity contribution is -0.135. The standard InChI is InChI=1S/C10H16N4O3/c1-13(2)3-4-14(6-10(16)17)8-5-9(15)12-7-11-8/h5,7H,3-4,6H2,1-2H3,(H,16,17)(H,11,12,15). The molecule has 0 bridgehead atoms. The third-order valence-corrected chi connectivity index (χ3v) is 2.13. The van der Waals surface area contributed by atoms with E-state index in [0.29, 0.717) is 18.9 Å². The Morgan fingerprint density at radius 2 is 2.18 bits per heavy atom. The lowest BCUT2D eigenvalue weighted by Gasteiger charge is -2.23. The second-order valence-electron chi connectivity index (χ2n) is 3.89. The first-order chi connectivity index (χ1) is 7.99. The molecule has 0 aliphatic carbocycles. The topological polar surface area (TPSA) is 89.5 Å². The van der Waals surface area contributed by atoms with Gasteiger partial charge in [0.05, 0.1) is 6.33 Å². The molecule has 94 valence electrons. The van der Waals surface area contributed by atoms with Crippen molar-refractivity contribution in [3.05, 3.63) is 22.7 Å². The molecular formula is C10H16N4O3. The van der Waals surface area contributed by atoms with Gasteiger partial charge in [0.1, 0.15) is 12.4 Å². The summed E-state index contributed by atoms with van der Waals surface area (Å²) in [6.45, 7) is 1.00. The molecule has 7 heteroatoms. The highest BCUT2D eigenvalue weighted by Crippen LogP contribution is 2.05. The molecule has 1 aromatic heterocycles. The van der Waals surface area contributed by atoms with Crippen LogP contribution in [0.4, 0.5) is 5.82 Å². The molecule has 0 saturated carbocycles. The maximum atomic E-state index is 11.1. The average molecular weight is 240 g/mol. The Labute approximate surface area is 98.7 Å². The number of hydrogen-bond acceptors (Lipinski definition) is 5. The van der Waals surface area contributed by atoms with Gasteiger partial charge in [-0.1, -0.05) is 0 Å². The van der Waals surface area contributed by atoms with Crippen LogP contribution in [0.2, 0.25) is 0 Å². The minimum absolute atomic E-state index is 0.176. The van der Waals surface area contributed by atoms with Crippen molar-refractivity contribution in [2.75, 3.05) is 38.6 Å². The van der Waals surface area contributed by atoms with E-state index in [4.69, 9.17) is 5.11 Å². The molecule has 0 radical (unpaired) electrons. The van der Waals surface area contributed by atoms with E-state index in [0.717, 1.165) is 0 Å². The highest BCUT2D eigenvalue weighted by atomic mass is 16.4. The highest BCUT2D eigenvalue weighted by Gasteiger charge is 2.12. The lowest BCUT2D eigenvalue weighted by Crippen LogP contribution is -2.36. The smallest absolute Gasteiger partial charge is 0.323 e. The molecule has 17 heavy (non-hydrogen) atoms. The van der Waals surface area contributed by atoms with Crippen molar-refractivity contribution >= 4 is 11.8 Å². The predicted molar refractivity (Wildman–Crippen MR) is 63.3 cm³/mol. The van der Waals surface area contributed by atoms with Crippen LogP contribution in [0.15, 0.2) is 17.2 Å². The Bertz CT molecular complexity index is 430. The first-order valence-corrected chi connectivity index (χ1v) is 5.15. The second-order valence-corrected chi connectivity index (χ2v) is 3.89. The van der Waals surface area contributed by atoms with E-state index in [1.54, 1.807) is 4.90 Å². The number of nitrogens with zero attached hydrogens (tertiary/aromatic N) is 3. The third kappa shape index (κ3) is 4.64. The SMILES string of the molecule is CN(C)CCN(CC(=O)O)c1cc(=O)[nH]cn1. The van der Waals surface area contributed by atoms with Gasteiger partial charge in [-0.25, -0.2) is 4.98 Å². The normalized spacial score (nSPS) is 10.5. The summed E-state index contributed by atoms with van der Waals surface area (Å²) >= 11 is 0. The van der Waals surface area contributed by atoms with Gasteiger partial charge in [0.2, 0.25) is 0 Å². The van der Waals surface area contributed by atoms with Gasteiger partial charge < -0.3 is 19.9 Å². The zero-order valence-electron chi connectivity index (χ0n) is 9.88. The molecule has 0 atom stereocenters. The molecule has 0 aliphatic heterocycles. The number of likely N-dealkylation sites (N-methyl/N-ethyl adjacent to an activating group) is 1. The fraction of sp³-hybridized carbons (Fsp3) is 0.500. The predicted octanol–water partition coefficient (Wildman–Crippen LogP) is -0.777. The molecule has 0 unspecified atom stereocenters. The van der Waals surface area contributed by atoms with Gasteiger partial charge in [0.15, 0.2) is 0 Å². The van der Waals surface area contributed by atoms with Crippen molar-refractivity contribution in [2.45, 2.75) is 0 Å². The van der Waals surface area contributed by atoms with Crippen molar-refractivity contribution in [3.63, 3.8) is 0 Å². The van der Waals surface area contributed by atoms with Gasteiger partial charge >= 0.3 is 5.97 Å². The molecule has 1 aromatic rings. The Hall–Kier alpha value is -1.89. The molecule has 1 rings (SSSR count). The molecule has 2 N–H and O–H groups in total. The number of anilines is 1. The largest absolute Gasteiger partial charge is 0.480 e. The zero-order chi connectivity index (χ0) is 12.8. The maximum Gasteiger partial charge on any atom is 0.323 e. The van der Waals surface area contributed by atoms with E-state index < -0.39 is 5.97 Å². The number of nitrogens with one attached hydrogen (secondary N) is 1. The van der Waals surface area contributed by atoms with Crippen LogP contribution in [0.5, 0.6) is 0 Å². The second kappa shape index (κ2) is 6.00. The van der Waals surface area contributed by atoms with Crippen LogP contribution < -0.4 is 10.5 Å². The van der Waals surface area contributed by atoms with Crippen LogP contribution in [-0.4, -0.2) is 59.7 Å². The summed E-state index contributed by atoms with van der Waals surface area (Å²) in [5.74, 6) is -0.580. The zero-order valence-corrected chi connectivity index (χ0v) is 9.88. The van der Waals surface area contributed by atoms with E-state index in [-0.39, 0.29) is 12.1 Å². The van der Waals surface area contributed by atoms with E-state index in [1.165, 1.54) is 12.4 Å². The van der Waals surface area contributed by atoms with Crippen LogP contribution in [-0.2, 0) is 4.79 Å². The highest BCUT2D eigenvalue weighted by molar-refractivity contribution is 5.73. The summed E-state index contributed by atoms with van der Waals surface area (Å²) < 4.78 is 0. The summed E-state index contributed by atoms with van der Waals surface area (Å²) in [5.41, 5.74) is -0.296. The third-order valence-electron chi connectivity index (χ3n) is 2.13. The summed E-state index contributed by atoms with van der Waals surface area (Å²) in [5, 5.41) is 8.81. The minimum atomic E-state index is -0.953. The molecule has 0 spiro atoms. The van der Waals surface area contributed by atoms with Crippen molar-refractivity contribution in [1.82, 2.24) is 14.9 Å². The maximum absolute atomic E-state index is 11.1. The molecule has 1 heterocycles. The number of aromatic amines is 1. The first-order valence-electron chi connectivity index (χ1n) is 5.15. The molecule has 0 amide bonds. The number of H-pyrrole nitrogens is 1. The fourth-order valence-corrected chi connectivity index (χ4v) is 1.29. The monoisotopic (exact) mass is 240 g/mol. The van der Waals surface area contributed by atoms with Gasteiger partial charge in [0.25, 0.3) is 5.56 Å². The minimum Gasteiger partial charge on any atom is -0.480 e. The number of rotatable bonds is 6. The quantitative estimate of drug-likeness (QED) is 0.678. The van der Waals surface area contributed by atoms with Crippen LogP contribution in [0.3, 0.4) is 0 Å². The van der Waals surface area contributed by atoms with E-state index in [2.05, 4.69) is 9.97 Å². The Morgan fingerprint density at radius 1 is 1.47 bits per heavy atom.